The third-order valence-corrected chi connectivity index (χ3v) is 5.14. The quantitative estimate of drug-likeness (QED) is 0.756. The molecule has 1 aliphatic heterocycles. The average molecular weight is 394 g/mol. The Bertz CT molecular complexity index is 932. The van der Waals surface area contributed by atoms with Gasteiger partial charge in [-0.25, -0.2) is 0 Å². The molecule has 1 heterocycles. The Labute approximate surface area is 170 Å². The van der Waals surface area contributed by atoms with Crippen molar-refractivity contribution in [2.45, 2.75) is 39.7 Å². The lowest BCUT2D eigenvalue weighted by atomic mass is 10.1. The fourth-order valence-corrected chi connectivity index (χ4v) is 3.37. The van der Waals surface area contributed by atoms with Crippen molar-refractivity contribution in [3.05, 3.63) is 59.2 Å². The highest BCUT2D eigenvalue weighted by Gasteiger charge is 2.23. The monoisotopic (exact) mass is 394 g/mol. The molecule has 0 radical (unpaired) electrons. The number of hydrogen-bond donors (Lipinski definition) is 1. The molecule has 6 heteroatoms. The predicted molar refractivity (Wildman–Crippen MR) is 111 cm³/mol. The van der Waals surface area contributed by atoms with Gasteiger partial charge in [0.25, 0.3) is 11.8 Å². The van der Waals surface area contributed by atoms with Crippen molar-refractivity contribution in [2.75, 3.05) is 18.4 Å². The summed E-state index contributed by atoms with van der Waals surface area (Å²) in [6.07, 6.45) is 1.29. The molecule has 2 aromatic rings. The van der Waals surface area contributed by atoms with Crippen LogP contribution in [0, 0.1) is 6.92 Å². The Morgan fingerprint density at radius 2 is 1.76 bits per heavy atom. The van der Waals surface area contributed by atoms with Crippen LogP contribution in [0.15, 0.2) is 42.5 Å². The van der Waals surface area contributed by atoms with E-state index in [4.69, 9.17) is 4.74 Å². The van der Waals surface area contributed by atoms with Gasteiger partial charge in [-0.2, -0.15) is 0 Å². The van der Waals surface area contributed by atoms with Crippen LogP contribution in [0.4, 0.5) is 5.69 Å². The number of amides is 2. The van der Waals surface area contributed by atoms with Gasteiger partial charge in [-0.05, 0) is 63.4 Å². The number of benzene rings is 2. The summed E-state index contributed by atoms with van der Waals surface area (Å²) >= 11 is 0. The fraction of sp³-hybridized carbons (Fsp3) is 0.348. The number of carbonyl (C=O) groups excluding carboxylic acids is 3. The number of Topliss-reactive ketones (excluding diaryl/α,β-unsaturated/α-hetero) is 1. The van der Waals surface area contributed by atoms with E-state index in [9.17, 15) is 14.4 Å². The molecule has 0 aliphatic carbocycles. The molecule has 0 bridgehead atoms. The Kier molecular flexibility index (Phi) is 6.32. The highest BCUT2D eigenvalue weighted by molar-refractivity contribution is 6.00. The maximum Gasteiger partial charge on any atom is 0.265 e. The van der Waals surface area contributed by atoms with Crippen molar-refractivity contribution in [3.8, 4) is 5.75 Å². The van der Waals surface area contributed by atoms with Gasteiger partial charge in [-0.3, -0.25) is 14.4 Å². The van der Waals surface area contributed by atoms with E-state index < -0.39 is 6.10 Å². The summed E-state index contributed by atoms with van der Waals surface area (Å²) in [6, 6.07) is 12.1. The lowest BCUT2D eigenvalue weighted by molar-refractivity contribution is -0.122. The fourth-order valence-electron chi connectivity index (χ4n) is 3.37. The molecule has 1 N–H and O–H groups in total. The molecular formula is C23H26N2O4. The van der Waals surface area contributed by atoms with Gasteiger partial charge < -0.3 is 15.0 Å². The molecular weight excluding hydrogens is 368 g/mol. The molecule has 0 spiro atoms. The minimum absolute atomic E-state index is 0.00134. The summed E-state index contributed by atoms with van der Waals surface area (Å²) in [7, 11) is 0. The predicted octanol–water partition coefficient (Wildman–Crippen LogP) is 3.84. The summed E-state index contributed by atoms with van der Waals surface area (Å²) in [6.45, 7) is 6.51. The smallest absolute Gasteiger partial charge is 0.265 e. The third-order valence-electron chi connectivity index (χ3n) is 5.14. The maximum atomic E-state index is 12.7. The van der Waals surface area contributed by atoms with Crippen molar-refractivity contribution in [3.63, 3.8) is 0 Å². The van der Waals surface area contributed by atoms with E-state index in [1.807, 2.05) is 11.8 Å². The number of hydrogen-bond acceptors (Lipinski definition) is 4. The highest BCUT2D eigenvalue weighted by atomic mass is 16.5. The summed E-state index contributed by atoms with van der Waals surface area (Å²) in [4.78, 5) is 38.7. The third kappa shape index (κ3) is 4.83. The number of nitrogens with one attached hydrogen (secondary N) is 1. The first-order valence-corrected chi connectivity index (χ1v) is 9.84. The molecule has 2 aromatic carbocycles. The number of anilines is 1. The highest BCUT2D eigenvalue weighted by Crippen LogP contribution is 2.23. The van der Waals surface area contributed by atoms with E-state index in [1.165, 1.54) is 6.92 Å². The van der Waals surface area contributed by atoms with Crippen LogP contribution in [-0.4, -0.2) is 41.7 Å². The summed E-state index contributed by atoms with van der Waals surface area (Å²) < 4.78 is 5.70. The largest absolute Gasteiger partial charge is 0.481 e. The van der Waals surface area contributed by atoms with Crippen LogP contribution in [0.3, 0.4) is 0 Å². The number of carbonyl (C=O) groups is 3. The molecule has 1 atom stereocenters. The molecule has 1 saturated heterocycles. The number of likely N-dealkylation sites (tertiary alicyclic amines) is 1. The normalized spacial score (nSPS) is 14.4. The number of ether oxygens (including phenoxy) is 1. The van der Waals surface area contributed by atoms with Gasteiger partial charge in [0.15, 0.2) is 11.9 Å². The SMILES string of the molecule is CC(=O)c1cccc(OC(C)C(=O)Nc2cccc(C(=O)N3CCCC3)c2C)c1. The van der Waals surface area contributed by atoms with Crippen LogP contribution in [0.5, 0.6) is 5.75 Å². The molecule has 1 aliphatic rings. The molecule has 1 unspecified atom stereocenters. The van der Waals surface area contributed by atoms with Crippen molar-refractivity contribution in [2.24, 2.45) is 0 Å². The second-order valence-electron chi connectivity index (χ2n) is 7.31. The lowest BCUT2D eigenvalue weighted by Gasteiger charge is -2.19. The van der Waals surface area contributed by atoms with Gasteiger partial charge in [0.05, 0.1) is 0 Å². The van der Waals surface area contributed by atoms with Gasteiger partial charge in [-0.1, -0.05) is 18.2 Å². The molecule has 1 fully saturated rings. The number of rotatable bonds is 6. The van der Waals surface area contributed by atoms with Crippen LogP contribution in [0.1, 0.15) is 53.0 Å². The van der Waals surface area contributed by atoms with E-state index >= 15 is 0 Å². The minimum atomic E-state index is -0.769. The lowest BCUT2D eigenvalue weighted by Crippen LogP contribution is -2.31. The van der Waals surface area contributed by atoms with Crippen LogP contribution in [-0.2, 0) is 4.79 Å². The Balaban J connectivity index is 1.70. The maximum absolute atomic E-state index is 12.7. The Morgan fingerprint density at radius 1 is 1.07 bits per heavy atom. The van der Waals surface area contributed by atoms with Crippen LogP contribution in [0.2, 0.25) is 0 Å². The number of nitrogens with zero attached hydrogens (tertiary/aromatic N) is 1. The molecule has 29 heavy (non-hydrogen) atoms. The van der Waals surface area contributed by atoms with Gasteiger partial charge in [0.2, 0.25) is 0 Å². The second-order valence-corrected chi connectivity index (χ2v) is 7.31. The van der Waals surface area contributed by atoms with Crippen molar-refractivity contribution in [1.29, 1.82) is 0 Å². The van der Waals surface area contributed by atoms with E-state index in [2.05, 4.69) is 5.32 Å². The first-order valence-electron chi connectivity index (χ1n) is 9.84. The molecule has 6 nitrogen and oxygen atoms in total. The minimum Gasteiger partial charge on any atom is -0.481 e. The van der Waals surface area contributed by atoms with Crippen LogP contribution in [0.25, 0.3) is 0 Å². The van der Waals surface area contributed by atoms with Crippen molar-refractivity contribution >= 4 is 23.3 Å². The standard InChI is InChI=1S/C23H26N2O4/c1-15-20(23(28)25-12-4-5-13-25)10-7-11-21(15)24-22(27)17(3)29-19-9-6-8-18(14-19)16(2)26/h6-11,14,17H,4-5,12-13H2,1-3H3,(H,24,27). The molecule has 0 aromatic heterocycles. The van der Waals surface area contributed by atoms with Crippen molar-refractivity contribution < 1.29 is 19.1 Å². The Morgan fingerprint density at radius 3 is 2.45 bits per heavy atom. The van der Waals surface area contributed by atoms with E-state index in [0.717, 1.165) is 31.5 Å². The summed E-state index contributed by atoms with van der Waals surface area (Å²) in [5.41, 5.74) is 2.46. The summed E-state index contributed by atoms with van der Waals surface area (Å²) in [5, 5.41) is 2.85. The van der Waals surface area contributed by atoms with Crippen LogP contribution >= 0.6 is 0 Å². The van der Waals surface area contributed by atoms with Gasteiger partial charge in [-0.15, -0.1) is 0 Å². The van der Waals surface area contributed by atoms with Gasteiger partial charge in [0, 0.05) is 29.9 Å². The molecule has 152 valence electrons. The second kappa shape index (κ2) is 8.90. The van der Waals surface area contributed by atoms with Gasteiger partial charge >= 0.3 is 0 Å². The van der Waals surface area contributed by atoms with E-state index in [-0.39, 0.29) is 17.6 Å². The first kappa shape index (κ1) is 20.6. The first-order chi connectivity index (χ1) is 13.9. The zero-order chi connectivity index (χ0) is 21.0. The molecule has 3 rings (SSSR count). The molecule has 0 saturated carbocycles. The zero-order valence-electron chi connectivity index (χ0n) is 17.0. The van der Waals surface area contributed by atoms with E-state index in [0.29, 0.717) is 22.6 Å². The Hall–Kier alpha value is -3.15. The number of ketones is 1. The van der Waals surface area contributed by atoms with Crippen molar-refractivity contribution in [1.82, 2.24) is 4.90 Å². The van der Waals surface area contributed by atoms with E-state index in [1.54, 1.807) is 49.4 Å². The molecule has 2 amide bonds. The topological polar surface area (TPSA) is 75.7 Å². The van der Waals surface area contributed by atoms with Gasteiger partial charge in [0.1, 0.15) is 5.75 Å². The zero-order valence-corrected chi connectivity index (χ0v) is 17.0. The summed E-state index contributed by atoms with van der Waals surface area (Å²) in [5.74, 6) is 0.0613. The van der Waals surface area contributed by atoms with Crippen LogP contribution < -0.4 is 10.1 Å². The average Bonchev–Trinajstić information content (AvgIpc) is 3.24.